The van der Waals surface area contributed by atoms with Crippen LogP contribution in [0, 0.1) is 6.92 Å². The minimum absolute atomic E-state index is 0.0751. The quantitative estimate of drug-likeness (QED) is 0.522. The lowest BCUT2D eigenvalue weighted by molar-refractivity contribution is 0.0949. The van der Waals surface area contributed by atoms with Gasteiger partial charge in [0, 0.05) is 43.7 Å². The number of carbonyl (C=O) groups is 1. The third-order valence-corrected chi connectivity index (χ3v) is 6.91. The highest BCUT2D eigenvalue weighted by Gasteiger charge is 2.20. The molecule has 0 spiro atoms. The largest absolute Gasteiger partial charge is 0.351 e. The molecule has 4 aromatic rings. The van der Waals surface area contributed by atoms with Gasteiger partial charge >= 0.3 is 0 Å². The Balaban J connectivity index is 1.36. The lowest BCUT2D eigenvalue weighted by Crippen LogP contribution is -2.37. The molecule has 0 atom stereocenters. The molecule has 0 unspecified atom stereocenters. The van der Waals surface area contributed by atoms with Crippen LogP contribution in [-0.2, 0) is 20.0 Å². The predicted octanol–water partition coefficient (Wildman–Crippen LogP) is 3.79. The summed E-state index contributed by atoms with van der Waals surface area (Å²) in [5.41, 5.74) is 5.37. The lowest BCUT2D eigenvalue weighted by Gasteiger charge is -2.26. The summed E-state index contributed by atoms with van der Waals surface area (Å²) in [6.45, 7) is 5.39. The highest BCUT2D eigenvalue weighted by molar-refractivity contribution is 7.10. The Labute approximate surface area is 185 Å². The van der Waals surface area contributed by atoms with Gasteiger partial charge in [0.25, 0.3) is 5.91 Å². The number of thiophene rings is 1. The Morgan fingerprint density at radius 1 is 1.23 bits per heavy atom. The molecule has 0 saturated heterocycles. The second kappa shape index (κ2) is 8.24. The summed E-state index contributed by atoms with van der Waals surface area (Å²) in [5, 5.41) is 10.6. The maximum absolute atomic E-state index is 13.2. The van der Waals surface area contributed by atoms with Gasteiger partial charge in [-0.25, -0.2) is 4.98 Å². The van der Waals surface area contributed by atoms with E-state index in [0.717, 1.165) is 54.0 Å². The van der Waals surface area contributed by atoms with Gasteiger partial charge < -0.3 is 5.32 Å². The molecule has 5 rings (SSSR count). The third-order valence-electron chi connectivity index (χ3n) is 5.88. The molecule has 7 heteroatoms. The number of hydrogen-bond donors (Lipinski definition) is 1. The molecular weight excluding hydrogens is 406 g/mol. The zero-order valence-corrected chi connectivity index (χ0v) is 18.6. The van der Waals surface area contributed by atoms with Gasteiger partial charge in [-0.2, -0.15) is 5.10 Å². The fraction of sp³-hybridized carbons (Fsp3) is 0.292. The number of hydrogen-bond acceptors (Lipinski definition) is 5. The summed E-state index contributed by atoms with van der Waals surface area (Å²) in [4.78, 5) is 21.9. The number of rotatable bonds is 5. The molecule has 4 heterocycles. The van der Waals surface area contributed by atoms with Gasteiger partial charge in [-0.1, -0.05) is 30.3 Å². The number of aryl methyl sites for hydroxylation is 2. The van der Waals surface area contributed by atoms with Crippen LogP contribution in [0.5, 0.6) is 0 Å². The van der Waals surface area contributed by atoms with E-state index in [1.54, 1.807) is 4.68 Å². The summed E-state index contributed by atoms with van der Waals surface area (Å²) < 4.78 is 1.75. The maximum Gasteiger partial charge on any atom is 0.252 e. The van der Waals surface area contributed by atoms with Crippen molar-refractivity contribution >= 4 is 28.3 Å². The number of amides is 1. The lowest BCUT2D eigenvalue weighted by atomic mass is 10.0. The first-order valence-electron chi connectivity index (χ1n) is 10.6. The Morgan fingerprint density at radius 3 is 2.90 bits per heavy atom. The molecule has 0 radical (unpaired) electrons. The van der Waals surface area contributed by atoms with Crippen LogP contribution in [-0.4, -0.2) is 45.2 Å². The monoisotopic (exact) mass is 431 g/mol. The van der Waals surface area contributed by atoms with E-state index in [0.29, 0.717) is 12.1 Å². The van der Waals surface area contributed by atoms with Crippen molar-refractivity contribution in [1.29, 1.82) is 0 Å². The zero-order valence-electron chi connectivity index (χ0n) is 17.8. The molecule has 0 aliphatic carbocycles. The SMILES string of the molecule is Cc1nn(C)c2nc(-c3ccccc3)cc(C(=O)NCCN3CCc4sccc4C3)c12. The van der Waals surface area contributed by atoms with Crippen molar-refractivity contribution in [3.05, 3.63) is 69.5 Å². The number of aromatic nitrogens is 3. The van der Waals surface area contributed by atoms with Crippen LogP contribution in [0.25, 0.3) is 22.3 Å². The van der Waals surface area contributed by atoms with E-state index in [1.807, 2.05) is 61.7 Å². The molecule has 0 saturated carbocycles. The first kappa shape index (κ1) is 19.9. The topological polar surface area (TPSA) is 63.1 Å². The van der Waals surface area contributed by atoms with Crippen LogP contribution in [0.1, 0.15) is 26.5 Å². The summed E-state index contributed by atoms with van der Waals surface area (Å²) in [6.07, 6.45) is 1.10. The average Bonchev–Trinajstić information content (AvgIpc) is 3.37. The van der Waals surface area contributed by atoms with Gasteiger partial charge in [0.15, 0.2) is 5.65 Å². The van der Waals surface area contributed by atoms with Crippen molar-refractivity contribution in [2.45, 2.75) is 19.9 Å². The molecular formula is C24H25N5OS. The third kappa shape index (κ3) is 3.86. The van der Waals surface area contributed by atoms with Crippen molar-refractivity contribution in [2.24, 2.45) is 7.05 Å². The van der Waals surface area contributed by atoms with E-state index in [-0.39, 0.29) is 5.91 Å². The van der Waals surface area contributed by atoms with E-state index in [2.05, 4.69) is 26.8 Å². The molecule has 3 aromatic heterocycles. The molecule has 1 aliphatic heterocycles. The Kier molecular flexibility index (Phi) is 5.29. The second-order valence-electron chi connectivity index (χ2n) is 7.98. The molecule has 6 nitrogen and oxygen atoms in total. The standard InChI is InChI=1S/C24H25N5OS/c1-16-22-19(14-20(17-6-4-3-5-7-17)26-23(22)28(2)27-16)24(30)25-10-12-29-11-8-21-18(15-29)9-13-31-21/h3-7,9,13-14H,8,10-12,15H2,1-2H3,(H,25,30). The van der Waals surface area contributed by atoms with Gasteiger partial charge in [0.05, 0.1) is 22.3 Å². The van der Waals surface area contributed by atoms with Crippen LogP contribution < -0.4 is 5.32 Å². The molecule has 31 heavy (non-hydrogen) atoms. The minimum atomic E-state index is -0.0751. The van der Waals surface area contributed by atoms with Gasteiger partial charge in [-0.05, 0) is 36.4 Å². The molecule has 1 amide bonds. The van der Waals surface area contributed by atoms with Crippen molar-refractivity contribution < 1.29 is 4.79 Å². The fourth-order valence-corrected chi connectivity index (χ4v) is 5.19. The summed E-state index contributed by atoms with van der Waals surface area (Å²) in [6, 6.07) is 14.1. The van der Waals surface area contributed by atoms with Crippen molar-refractivity contribution in [3.8, 4) is 11.3 Å². The first-order valence-corrected chi connectivity index (χ1v) is 11.4. The minimum Gasteiger partial charge on any atom is -0.351 e. The highest BCUT2D eigenvalue weighted by Crippen LogP contribution is 2.27. The highest BCUT2D eigenvalue weighted by atomic mass is 32.1. The molecule has 0 fully saturated rings. The normalized spacial score (nSPS) is 14.0. The zero-order chi connectivity index (χ0) is 21.4. The van der Waals surface area contributed by atoms with Gasteiger partial charge in [0.2, 0.25) is 0 Å². The molecule has 1 aromatic carbocycles. The van der Waals surface area contributed by atoms with Crippen LogP contribution in [0.2, 0.25) is 0 Å². The van der Waals surface area contributed by atoms with Crippen LogP contribution in [0.3, 0.4) is 0 Å². The second-order valence-corrected chi connectivity index (χ2v) is 8.98. The number of benzene rings is 1. The Hall–Kier alpha value is -3.03. The Morgan fingerprint density at radius 2 is 2.06 bits per heavy atom. The molecule has 158 valence electrons. The predicted molar refractivity (Wildman–Crippen MR) is 124 cm³/mol. The van der Waals surface area contributed by atoms with Crippen molar-refractivity contribution in [2.75, 3.05) is 19.6 Å². The number of nitrogens with zero attached hydrogens (tertiary/aromatic N) is 4. The van der Waals surface area contributed by atoms with Crippen LogP contribution in [0.15, 0.2) is 47.8 Å². The number of fused-ring (bicyclic) bond motifs is 2. The molecule has 1 N–H and O–H groups in total. The summed E-state index contributed by atoms with van der Waals surface area (Å²) in [7, 11) is 1.87. The van der Waals surface area contributed by atoms with E-state index in [9.17, 15) is 4.79 Å². The van der Waals surface area contributed by atoms with Gasteiger partial charge in [-0.3, -0.25) is 14.4 Å². The van der Waals surface area contributed by atoms with Crippen molar-refractivity contribution in [1.82, 2.24) is 25.0 Å². The molecule has 1 aliphatic rings. The van der Waals surface area contributed by atoms with Crippen LogP contribution in [0.4, 0.5) is 0 Å². The smallest absolute Gasteiger partial charge is 0.252 e. The Bertz CT molecular complexity index is 1240. The van der Waals surface area contributed by atoms with E-state index in [4.69, 9.17) is 4.98 Å². The van der Waals surface area contributed by atoms with E-state index < -0.39 is 0 Å². The maximum atomic E-state index is 13.2. The fourth-order valence-electron chi connectivity index (χ4n) is 4.30. The first-order chi connectivity index (χ1) is 15.1. The van der Waals surface area contributed by atoms with Gasteiger partial charge in [0.1, 0.15) is 0 Å². The number of carbonyl (C=O) groups excluding carboxylic acids is 1. The van der Waals surface area contributed by atoms with E-state index in [1.165, 1.54) is 10.4 Å². The summed E-state index contributed by atoms with van der Waals surface area (Å²) >= 11 is 1.85. The number of pyridine rings is 1. The van der Waals surface area contributed by atoms with Gasteiger partial charge in [-0.15, -0.1) is 11.3 Å². The average molecular weight is 432 g/mol. The van der Waals surface area contributed by atoms with Crippen LogP contribution >= 0.6 is 11.3 Å². The molecule has 0 bridgehead atoms. The van der Waals surface area contributed by atoms with Crippen molar-refractivity contribution in [3.63, 3.8) is 0 Å². The number of nitrogens with one attached hydrogen (secondary N) is 1. The van der Waals surface area contributed by atoms with E-state index >= 15 is 0 Å². The summed E-state index contributed by atoms with van der Waals surface area (Å²) in [5.74, 6) is -0.0751.